The summed E-state index contributed by atoms with van der Waals surface area (Å²) in [4.78, 5) is 7.87. The van der Waals surface area contributed by atoms with Crippen LogP contribution in [0.3, 0.4) is 0 Å². The second-order valence-electron chi connectivity index (χ2n) is 3.40. The quantitative estimate of drug-likeness (QED) is 0.647. The van der Waals surface area contributed by atoms with Crippen molar-refractivity contribution in [3.63, 3.8) is 0 Å². The van der Waals surface area contributed by atoms with E-state index in [-0.39, 0.29) is 0 Å². The van der Waals surface area contributed by atoms with Crippen molar-refractivity contribution in [3.05, 3.63) is 41.2 Å². The summed E-state index contributed by atoms with van der Waals surface area (Å²) in [6, 6.07) is 6.97. The molecule has 6 heteroatoms. The van der Waals surface area contributed by atoms with Crippen molar-refractivity contribution < 1.29 is 4.74 Å². The number of hydrazine groups is 1. The summed E-state index contributed by atoms with van der Waals surface area (Å²) in [5, 5.41) is 0.668. The van der Waals surface area contributed by atoms with E-state index < -0.39 is 0 Å². The van der Waals surface area contributed by atoms with Gasteiger partial charge in [0.1, 0.15) is 17.9 Å². The highest BCUT2D eigenvalue weighted by Crippen LogP contribution is 2.26. The third-order valence-corrected chi connectivity index (χ3v) is 2.38. The van der Waals surface area contributed by atoms with Gasteiger partial charge in [-0.3, -0.25) is 0 Å². The number of nitrogens with one attached hydrogen (secondary N) is 1. The van der Waals surface area contributed by atoms with E-state index in [2.05, 4.69) is 15.4 Å². The minimum absolute atomic E-state index is 0.415. The van der Waals surface area contributed by atoms with Crippen LogP contribution in [0.15, 0.2) is 30.6 Å². The van der Waals surface area contributed by atoms with Crippen molar-refractivity contribution in [2.24, 2.45) is 5.84 Å². The van der Waals surface area contributed by atoms with E-state index in [1.165, 1.54) is 6.33 Å². The average molecular weight is 251 g/mol. The first-order valence-corrected chi connectivity index (χ1v) is 5.29. The van der Waals surface area contributed by atoms with Crippen molar-refractivity contribution in [2.45, 2.75) is 6.92 Å². The number of benzene rings is 1. The number of ether oxygens (including phenoxy) is 1. The first kappa shape index (κ1) is 11.6. The number of hydrogen-bond acceptors (Lipinski definition) is 5. The Morgan fingerprint density at radius 3 is 2.82 bits per heavy atom. The second-order valence-corrected chi connectivity index (χ2v) is 3.83. The number of halogens is 1. The molecule has 17 heavy (non-hydrogen) atoms. The van der Waals surface area contributed by atoms with E-state index in [9.17, 15) is 0 Å². The smallest absolute Gasteiger partial charge is 0.224 e. The van der Waals surface area contributed by atoms with Gasteiger partial charge in [-0.1, -0.05) is 11.6 Å². The fraction of sp³-hybridized carbons (Fsp3) is 0.0909. The molecule has 2 aromatic rings. The van der Waals surface area contributed by atoms with Crippen LogP contribution in [0.1, 0.15) is 5.56 Å². The molecule has 0 atom stereocenters. The lowest BCUT2D eigenvalue weighted by molar-refractivity contribution is 0.458. The molecule has 5 nitrogen and oxygen atoms in total. The number of nitrogens with zero attached hydrogens (tertiary/aromatic N) is 2. The van der Waals surface area contributed by atoms with E-state index in [1.807, 2.05) is 13.0 Å². The zero-order chi connectivity index (χ0) is 12.3. The zero-order valence-electron chi connectivity index (χ0n) is 9.14. The predicted molar refractivity (Wildman–Crippen MR) is 66.1 cm³/mol. The van der Waals surface area contributed by atoms with Gasteiger partial charge >= 0.3 is 0 Å². The van der Waals surface area contributed by atoms with Crippen molar-refractivity contribution in [2.75, 3.05) is 5.43 Å². The molecule has 88 valence electrons. The maximum atomic E-state index is 5.86. The highest BCUT2D eigenvalue weighted by Gasteiger charge is 2.04. The molecule has 1 aromatic heterocycles. The molecule has 0 fully saturated rings. The van der Waals surface area contributed by atoms with Crippen LogP contribution >= 0.6 is 11.6 Å². The molecule has 0 radical (unpaired) electrons. The number of anilines is 1. The summed E-state index contributed by atoms with van der Waals surface area (Å²) in [5.74, 6) is 6.84. The minimum Gasteiger partial charge on any atom is -0.439 e. The SMILES string of the molecule is Cc1cc(Cl)ccc1Oc1cc(NN)ncn1. The maximum Gasteiger partial charge on any atom is 0.224 e. The van der Waals surface area contributed by atoms with Crippen molar-refractivity contribution in [1.29, 1.82) is 0 Å². The Bertz CT molecular complexity index is 533. The first-order valence-electron chi connectivity index (χ1n) is 4.91. The molecule has 0 aliphatic carbocycles. The Morgan fingerprint density at radius 1 is 1.29 bits per heavy atom. The van der Waals surface area contributed by atoms with Gasteiger partial charge in [0.05, 0.1) is 0 Å². The van der Waals surface area contributed by atoms with Gasteiger partial charge in [0.2, 0.25) is 5.88 Å². The molecule has 0 bridgehead atoms. The van der Waals surface area contributed by atoms with Crippen molar-refractivity contribution >= 4 is 17.4 Å². The normalized spacial score (nSPS) is 10.1. The Kier molecular flexibility index (Phi) is 3.41. The van der Waals surface area contributed by atoms with Crippen LogP contribution in [0, 0.1) is 6.92 Å². The van der Waals surface area contributed by atoms with Crippen molar-refractivity contribution in [3.8, 4) is 11.6 Å². The van der Waals surface area contributed by atoms with Gasteiger partial charge in [0.15, 0.2) is 0 Å². The molecule has 0 saturated heterocycles. The lowest BCUT2D eigenvalue weighted by Crippen LogP contribution is -2.08. The topological polar surface area (TPSA) is 73.1 Å². The highest BCUT2D eigenvalue weighted by molar-refractivity contribution is 6.30. The van der Waals surface area contributed by atoms with Crippen LogP contribution in [-0.4, -0.2) is 9.97 Å². The number of aryl methyl sites for hydroxylation is 1. The largest absolute Gasteiger partial charge is 0.439 e. The maximum absolute atomic E-state index is 5.86. The zero-order valence-corrected chi connectivity index (χ0v) is 9.90. The van der Waals surface area contributed by atoms with Crippen LogP contribution in [0.4, 0.5) is 5.82 Å². The summed E-state index contributed by atoms with van der Waals surface area (Å²) in [7, 11) is 0. The van der Waals surface area contributed by atoms with Crippen molar-refractivity contribution in [1.82, 2.24) is 9.97 Å². The molecule has 3 N–H and O–H groups in total. The van der Waals surface area contributed by atoms with Crippen LogP contribution in [-0.2, 0) is 0 Å². The predicted octanol–water partition coefficient (Wildman–Crippen LogP) is 2.52. The number of aromatic nitrogens is 2. The molecule has 0 aliphatic rings. The summed E-state index contributed by atoms with van der Waals surface area (Å²) < 4.78 is 5.60. The molecule has 1 heterocycles. The molecule has 1 aromatic carbocycles. The van der Waals surface area contributed by atoms with E-state index in [0.717, 1.165) is 5.56 Å². The molecular formula is C11H11ClN4O. The van der Waals surface area contributed by atoms with Gasteiger partial charge in [-0.05, 0) is 30.7 Å². The lowest BCUT2D eigenvalue weighted by atomic mass is 10.2. The third kappa shape index (κ3) is 2.83. The number of nitrogen functional groups attached to an aromatic ring is 1. The molecule has 0 unspecified atom stereocenters. The molecule has 0 aliphatic heterocycles. The fourth-order valence-electron chi connectivity index (χ4n) is 1.31. The van der Waals surface area contributed by atoms with E-state index >= 15 is 0 Å². The third-order valence-electron chi connectivity index (χ3n) is 2.14. The lowest BCUT2D eigenvalue weighted by Gasteiger charge is -2.08. The van der Waals surface area contributed by atoms with Crippen LogP contribution in [0.25, 0.3) is 0 Å². The molecule has 0 spiro atoms. The Balaban J connectivity index is 2.25. The minimum atomic E-state index is 0.415. The summed E-state index contributed by atoms with van der Waals surface area (Å²) in [6.45, 7) is 1.91. The number of nitrogens with two attached hydrogens (primary N) is 1. The molecular weight excluding hydrogens is 240 g/mol. The van der Waals surface area contributed by atoms with E-state index in [1.54, 1.807) is 18.2 Å². The van der Waals surface area contributed by atoms with Gasteiger partial charge in [0, 0.05) is 11.1 Å². The standard InChI is InChI=1S/C11H11ClN4O/c1-7-4-8(12)2-3-9(7)17-11-5-10(16-13)14-6-15-11/h2-6H,13H2,1H3,(H,14,15,16). The van der Waals surface area contributed by atoms with Gasteiger partial charge in [-0.15, -0.1) is 0 Å². The molecule has 0 amide bonds. The van der Waals surface area contributed by atoms with E-state index in [4.69, 9.17) is 22.2 Å². The Hall–Kier alpha value is -1.85. The molecule has 0 saturated carbocycles. The number of hydrogen-bond donors (Lipinski definition) is 2. The van der Waals surface area contributed by atoms with Gasteiger partial charge in [0.25, 0.3) is 0 Å². The van der Waals surface area contributed by atoms with E-state index in [0.29, 0.717) is 22.5 Å². The molecule has 2 rings (SSSR count). The van der Waals surface area contributed by atoms with Gasteiger partial charge in [-0.25, -0.2) is 15.8 Å². The highest BCUT2D eigenvalue weighted by atomic mass is 35.5. The average Bonchev–Trinajstić information content (AvgIpc) is 2.33. The van der Waals surface area contributed by atoms with Crippen LogP contribution in [0.2, 0.25) is 5.02 Å². The Labute approximate surface area is 104 Å². The monoisotopic (exact) mass is 250 g/mol. The number of rotatable bonds is 3. The Morgan fingerprint density at radius 2 is 2.12 bits per heavy atom. The summed E-state index contributed by atoms with van der Waals surface area (Å²) in [6.07, 6.45) is 1.37. The van der Waals surface area contributed by atoms with Crippen LogP contribution < -0.4 is 16.0 Å². The van der Waals surface area contributed by atoms with Gasteiger partial charge in [-0.2, -0.15) is 0 Å². The van der Waals surface area contributed by atoms with Gasteiger partial charge < -0.3 is 10.2 Å². The fourth-order valence-corrected chi connectivity index (χ4v) is 1.54. The first-order chi connectivity index (χ1) is 8.19. The second kappa shape index (κ2) is 4.99. The van der Waals surface area contributed by atoms with Crippen LogP contribution in [0.5, 0.6) is 11.6 Å². The summed E-state index contributed by atoms with van der Waals surface area (Å²) >= 11 is 5.86. The summed E-state index contributed by atoms with van der Waals surface area (Å²) in [5.41, 5.74) is 3.35.